The van der Waals surface area contributed by atoms with Gasteiger partial charge in [0.25, 0.3) is 0 Å². The Kier molecular flexibility index (Phi) is 3.73. The van der Waals surface area contributed by atoms with E-state index in [9.17, 15) is 13.2 Å². The highest BCUT2D eigenvalue weighted by Gasteiger charge is 2.23. The van der Waals surface area contributed by atoms with Crippen LogP contribution in [0.2, 0.25) is 0 Å². The van der Waals surface area contributed by atoms with Crippen molar-refractivity contribution < 1.29 is 22.7 Å². The van der Waals surface area contributed by atoms with E-state index < -0.39 is 10.0 Å². The van der Waals surface area contributed by atoms with E-state index >= 15 is 0 Å². The molecule has 1 aromatic rings. The predicted molar refractivity (Wildman–Crippen MR) is 73.6 cm³/mol. The zero-order valence-electron chi connectivity index (χ0n) is 11.4. The minimum Gasteiger partial charge on any atom is -0.454 e. The first kappa shape index (κ1) is 14.2. The van der Waals surface area contributed by atoms with Gasteiger partial charge in [-0.05, 0) is 25.0 Å². The molecule has 1 saturated heterocycles. The first-order valence-electron chi connectivity index (χ1n) is 6.73. The number of sulfonamides is 1. The SMILES string of the molecule is O=C(CNS(=O)(=O)c1ccc2c(c1)OCO2)N1CCCC1. The number of carbonyl (C=O) groups excluding carboxylic acids is 1. The van der Waals surface area contributed by atoms with Gasteiger partial charge >= 0.3 is 0 Å². The van der Waals surface area contributed by atoms with E-state index in [0.29, 0.717) is 24.6 Å². The molecule has 1 fully saturated rings. The minimum atomic E-state index is -3.74. The van der Waals surface area contributed by atoms with E-state index in [0.717, 1.165) is 12.8 Å². The Hall–Kier alpha value is -1.80. The largest absolute Gasteiger partial charge is 0.454 e. The average Bonchev–Trinajstić information content (AvgIpc) is 3.14. The summed E-state index contributed by atoms with van der Waals surface area (Å²) >= 11 is 0. The molecule has 0 unspecified atom stereocenters. The lowest BCUT2D eigenvalue weighted by Crippen LogP contribution is -2.38. The van der Waals surface area contributed by atoms with Crippen LogP contribution in [0, 0.1) is 0 Å². The van der Waals surface area contributed by atoms with Crippen LogP contribution >= 0.6 is 0 Å². The van der Waals surface area contributed by atoms with Crippen molar-refractivity contribution in [2.75, 3.05) is 26.4 Å². The van der Waals surface area contributed by atoms with Crippen molar-refractivity contribution in [2.24, 2.45) is 0 Å². The van der Waals surface area contributed by atoms with Crippen molar-refractivity contribution in [3.05, 3.63) is 18.2 Å². The third kappa shape index (κ3) is 2.96. The maximum absolute atomic E-state index is 12.2. The van der Waals surface area contributed by atoms with Gasteiger partial charge in [-0.3, -0.25) is 4.79 Å². The van der Waals surface area contributed by atoms with Crippen LogP contribution in [0.1, 0.15) is 12.8 Å². The van der Waals surface area contributed by atoms with Gasteiger partial charge in [-0.2, -0.15) is 0 Å². The van der Waals surface area contributed by atoms with E-state index in [1.807, 2.05) is 0 Å². The first-order valence-corrected chi connectivity index (χ1v) is 8.22. The number of hydrogen-bond acceptors (Lipinski definition) is 5. The van der Waals surface area contributed by atoms with Crippen LogP contribution in [0.15, 0.2) is 23.1 Å². The molecule has 0 bridgehead atoms. The lowest BCUT2D eigenvalue weighted by atomic mass is 10.3. The Morgan fingerprint density at radius 3 is 2.67 bits per heavy atom. The Labute approximate surface area is 122 Å². The Balaban J connectivity index is 1.67. The smallest absolute Gasteiger partial charge is 0.241 e. The number of carbonyl (C=O) groups is 1. The predicted octanol–water partition coefficient (Wildman–Crippen LogP) is 0.316. The van der Waals surface area contributed by atoms with E-state index in [-0.39, 0.29) is 24.1 Å². The molecule has 1 aromatic carbocycles. The molecule has 2 heterocycles. The molecular weight excluding hydrogens is 296 g/mol. The van der Waals surface area contributed by atoms with E-state index in [1.54, 1.807) is 11.0 Å². The average molecular weight is 312 g/mol. The fraction of sp³-hybridized carbons (Fsp3) is 0.462. The van der Waals surface area contributed by atoms with Crippen LogP contribution in [0.25, 0.3) is 0 Å². The summed E-state index contributed by atoms with van der Waals surface area (Å²) in [5.41, 5.74) is 0. The lowest BCUT2D eigenvalue weighted by molar-refractivity contribution is -0.128. The van der Waals surface area contributed by atoms with Crippen LogP contribution in [-0.2, 0) is 14.8 Å². The Morgan fingerprint density at radius 2 is 1.90 bits per heavy atom. The van der Waals surface area contributed by atoms with Crippen LogP contribution in [0.3, 0.4) is 0 Å². The lowest BCUT2D eigenvalue weighted by Gasteiger charge is -2.15. The third-order valence-corrected chi connectivity index (χ3v) is 4.93. The van der Waals surface area contributed by atoms with Crippen molar-refractivity contribution in [2.45, 2.75) is 17.7 Å². The number of likely N-dealkylation sites (tertiary alicyclic amines) is 1. The van der Waals surface area contributed by atoms with Gasteiger partial charge in [0.05, 0.1) is 11.4 Å². The van der Waals surface area contributed by atoms with Crippen LogP contribution < -0.4 is 14.2 Å². The second-order valence-corrected chi connectivity index (χ2v) is 6.69. The molecule has 114 valence electrons. The molecule has 1 N–H and O–H groups in total. The van der Waals surface area contributed by atoms with Crippen molar-refractivity contribution in [3.8, 4) is 11.5 Å². The maximum Gasteiger partial charge on any atom is 0.241 e. The summed E-state index contributed by atoms with van der Waals surface area (Å²) in [6.07, 6.45) is 1.95. The normalized spacial score (nSPS) is 17.2. The standard InChI is InChI=1S/C13H16N2O5S/c16-13(15-5-1-2-6-15)8-14-21(17,18)10-3-4-11-12(7-10)20-9-19-11/h3-4,7,14H,1-2,5-6,8-9H2. The zero-order valence-corrected chi connectivity index (χ0v) is 12.2. The van der Waals surface area contributed by atoms with Crippen LogP contribution in [0.5, 0.6) is 11.5 Å². The van der Waals surface area contributed by atoms with Crippen LogP contribution in [0.4, 0.5) is 0 Å². The Bertz CT molecular complexity index is 653. The van der Waals surface area contributed by atoms with Gasteiger partial charge in [0.1, 0.15) is 0 Å². The van der Waals surface area contributed by atoms with Gasteiger partial charge in [0.15, 0.2) is 11.5 Å². The number of amides is 1. The maximum atomic E-state index is 12.2. The minimum absolute atomic E-state index is 0.0565. The fourth-order valence-corrected chi connectivity index (χ4v) is 3.35. The van der Waals surface area contributed by atoms with E-state index in [2.05, 4.69) is 4.72 Å². The highest BCUT2D eigenvalue weighted by molar-refractivity contribution is 7.89. The summed E-state index contributed by atoms with van der Waals surface area (Å²) in [5.74, 6) is 0.711. The van der Waals surface area contributed by atoms with Crippen molar-refractivity contribution in [1.82, 2.24) is 9.62 Å². The quantitative estimate of drug-likeness (QED) is 0.865. The molecule has 0 aromatic heterocycles. The molecule has 1 amide bonds. The summed E-state index contributed by atoms with van der Waals surface area (Å²) in [7, 11) is -3.74. The highest BCUT2D eigenvalue weighted by Crippen LogP contribution is 2.33. The monoisotopic (exact) mass is 312 g/mol. The second kappa shape index (κ2) is 5.53. The molecule has 0 atom stereocenters. The summed E-state index contributed by atoms with van der Waals surface area (Å²) in [6.45, 7) is 1.26. The topological polar surface area (TPSA) is 84.9 Å². The van der Waals surface area contributed by atoms with E-state index in [4.69, 9.17) is 9.47 Å². The molecule has 7 nitrogen and oxygen atoms in total. The fourth-order valence-electron chi connectivity index (χ4n) is 2.36. The molecule has 0 radical (unpaired) electrons. The molecule has 0 spiro atoms. The summed E-state index contributed by atoms with van der Waals surface area (Å²) < 4.78 is 37.0. The number of ether oxygens (including phenoxy) is 2. The van der Waals surface area contributed by atoms with Crippen LogP contribution in [-0.4, -0.2) is 45.7 Å². The number of nitrogens with one attached hydrogen (secondary N) is 1. The zero-order chi connectivity index (χ0) is 14.9. The molecule has 0 saturated carbocycles. The van der Waals surface area contributed by atoms with Gasteiger partial charge in [-0.15, -0.1) is 0 Å². The molecule has 2 aliphatic rings. The van der Waals surface area contributed by atoms with Crippen molar-refractivity contribution >= 4 is 15.9 Å². The number of hydrogen-bond donors (Lipinski definition) is 1. The summed E-state index contributed by atoms with van der Waals surface area (Å²) in [5, 5.41) is 0. The summed E-state index contributed by atoms with van der Waals surface area (Å²) in [4.78, 5) is 13.6. The molecule has 0 aliphatic carbocycles. The first-order chi connectivity index (χ1) is 10.1. The molecule has 8 heteroatoms. The number of rotatable bonds is 4. The molecule has 2 aliphatic heterocycles. The third-order valence-electron chi connectivity index (χ3n) is 3.53. The van der Waals surface area contributed by atoms with Gasteiger partial charge in [0.2, 0.25) is 22.7 Å². The number of benzene rings is 1. The summed E-state index contributed by atoms with van der Waals surface area (Å²) in [6, 6.07) is 4.36. The van der Waals surface area contributed by atoms with Crippen molar-refractivity contribution in [1.29, 1.82) is 0 Å². The van der Waals surface area contributed by atoms with Gasteiger partial charge in [-0.1, -0.05) is 0 Å². The number of fused-ring (bicyclic) bond motifs is 1. The number of nitrogens with zero attached hydrogens (tertiary/aromatic N) is 1. The van der Waals surface area contributed by atoms with Gasteiger partial charge < -0.3 is 14.4 Å². The second-order valence-electron chi connectivity index (χ2n) is 4.93. The van der Waals surface area contributed by atoms with E-state index in [1.165, 1.54) is 12.1 Å². The highest BCUT2D eigenvalue weighted by atomic mass is 32.2. The van der Waals surface area contributed by atoms with Gasteiger partial charge in [-0.25, -0.2) is 13.1 Å². The van der Waals surface area contributed by atoms with Crippen molar-refractivity contribution in [3.63, 3.8) is 0 Å². The molecule has 3 rings (SSSR count). The molecule has 21 heavy (non-hydrogen) atoms. The van der Waals surface area contributed by atoms with Gasteiger partial charge in [0, 0.05) is 19.2 Å². The molecular formula is C13H16N2O5S. The Morgan fingerprint density at radius 1 is 1.19 bits per heavy atom.